The Morgan fingerprint density at radius 3 is 2.81 bits per heavy atom. The molecule has 0 amide bonds. The maximum Gasteiger partial charge on any atom is 0.273 e. The van der Waals surface area contributed by atoms with Gasteiger partial charge in [-0.1, -0.05) is 0 Å². The second kappa shape index (κ2) is 6.64. The van der Waals surface area contributed by atoms with Gasteiger partial charge in [0.2, 0.25) is 5.09 Å². The Morgan fingerprint density at radius 2 is 2.19 bits per heavy atom. The van der Waals surface area contributed by atoms with Crippen molar-refractivity contribution in [1.82, 2.24) is 10.0 Å². The largest absolute Gasteiger partial charge is 0.452 e. The molecule has 0 fully saturated rings. The van der Waals surface area contributed by atoms with Gasteiger partial charge in [-0.15, -0.1) is 0 Å². The fourth-order valence-electron chi connectivity index (χ4n) is 1.06. The number of hydrogen-bond donors (Lipinski definition) is 2. The first-order chi connectivity index (χ1) is 7.67. The number of rotatable bonds is 8. The molecule has 92 valence electrons. The molecule has 6 nitrogen and oxygen atoms in total. The van der Waals surface area contributed by atoms with Crippen molar-refractivity contribution in [3.05, 3.63) is 18.4 Å². The van der Waals surface area contributed by atoms with Crippen LogP contribution in [-0.4, -0.2) is 41.8 Å². The minimum Gasteiger partial charge on any atom is -0.452 e. The highest BCUT2D eigenvalue weighted by atomic mass is 32.2. The van der Waals surface area contributed by atoms with Crippen LogP contribution in [0, 0.1) is 0 Å². The molecule has 0 aliphatic heterocycles. The van der Waals surface area contributed by atoms with Crippen LogP contribution in [0.5, 0.6) is 0 Å². The van der Waals surface area contributed by atoms with Crippen LogP contribution in [0.15, 0.2) is 27.9 Å². The predicted octanol–water partition coefficient (Wildman–Crippen LogP) is -0.206. The predicted molar refractivity (Wildman–Crippen MR) is 58.6 cm³/mol. The highest BCUT2D eigenvalue weighted by Gasteiger charge is 2.15. The zero-order valence-corrected chi connectivity index (χ0v) is 9.92. The summed E-state index contributed by atoms with van der Waals surface area (Å²) in [7, 11) is -1.89. The van der Waals surface area contributed by atoms with E-state index < -0.39 is 10.0 Å². The second-order valence-corrected chi connectivity index (χ2v) is 4.77. The van der Waals surface area contributed by atoms with Crippen molar-refractivity contribution in [2.75, 3.05) is 33.4 Å². The van der Waals surface area contributed by atoms with Crippen molar-refractivity contribution in [2.45, 2.75) is 5.09 Å². The van der Waals surface area contributed by atoms with Crippen molar-refractivity contribution in [2.24, 2.45) is 0 Å². The third kappa shape index (κ3) is 4.31. The fourth-order valence-corrected chi connectivity index (χ4v) is 2.01. The maximum atomic E-state index is 11.5. The second-order valence-electron chi connectivity index (χ2n) is 3.07. The number of methoxy groups -OCH3 is 1. The van der Waals surface area contributed by atoms with Crippen LogP contribution in [0.2, 0.25) is 0 Å². The Labute approximate surface area is 95.0 Å². The monoisotopic (exact) mass is 248 g/mol. The molecule has 16 heavy (non-hydrogen) atoms. The van der Waals surface area contributed by atoms with E-state index in [4.69, 9.17) is 9.15 Å². The number of nitrogens with one attached hydrogen (secondary N) is 2. The van der Waals surface area contributed by atoms with Gasteiger partial charge in [0.25, 0.3) is 10.0 Å². The normalized spacial score (nSPS) is 11.8. The van der Waals surface area contributed by atoms with Crippen molar-refractivity contribution >= 4 is 10.0 Å². The van der Waals surface area contributed by atoms with Gasteiger partial charge in [0.1, 0.15) is 0 Å². The van der Waals surface area contributed by atoms with Crippen LogP contribution < -0.4 is 10.0 Å². The average Bonchev–Trinajstić information content (AvgIpc) is 2.77. The lowest BCUT2D eigenvalue weighted by molar-refractivity contribution is 0.199. The first-order valence-electron chi connectivity index (χ1n) is 4.89. The lowest BCUT2D eigenvalue weighted by Gasteiger charge is -2.05. The van der Waals surface area contributed by atoms with Gasteiger partial charge in [-0.05, 0) is 12.1 Å². The molecular weight excluding hydrogens is 232 g/mol. The number of sulfonamides is 1. The third-order valence-electron chi connectivity index (χ3n) is 1.84. The smallest absolute Gasteiger partial charge is 0.273 e. The van der Waals surface area contributed by atoms with E-state index in [0.717, 1.165) is 0 Å². The van der Waals surface area contributed by atoms with E-state index in [0.29, 0.717) is 26.2 Å². The zero-order valence-electron chi connectivity index (χ0n) is 9.10. The van der Waals surface area contributed by atoms with Gasteiger partial charge in [-0.2, -0.15) is 0 Å². The Bertz CT molecular complexity index is 374. The van der Waals surface area contributed by atoms with E-state index in [1.54, 1.807) is 7.11 Å². The van der Waals surface area contributed by atoms with Gasteiger partial charge < -0.3 is 14.5 Å². The lowest BCUT2D eigenvalue weighted by Crippen LogP contribution is -2.32. The molecule has 7 heteroatoms. The van der Waals surface area contributed by atoms with Crippen LogP contribution >= 0.6 is 0 Å². The van der Waals surface area contributed by atoms with Crippen LogP contribution in [0.3, 0.4) is 0 Å². The van der Waals surface area contributed by atoms with Crippen LogP contribution in [0.25, 0.3) is 0 Å². The van der Waals surface area contributed by atoms with Crippen LogP contribution in [0.1, 0.15) is 0 Å². The average molecular weight is 248 g/mol. The first kappa shape index (κ1) is 13.2. The molecule has 1 rings (SSSR count). The number of ether oxygens (including phenoxy) is 1. The summed E-state index contributed by atoms with van der Waals surface area (Å²) in [6, 6.07) is 2.94. The molecule has 1 heterocycles. The fraction of sp³-hybridized carbons (Fsp3) is 0.556. The lowest BCUT2D eigenvalue weighted by atomic mass is 10.6. The summed E-state index contributed by atoms with van der Waals surface area (Å²) in [5.41, 5.74) is 0. The maximum absolute atomic E-state index is 11.5. The van der Waals surface area contributed by atoms with Crippen LogP contribution in [-0.2, 0) is 14.8 Å². The molecule has 0 saturated heterocycles. The number of furan rings is 1. The molecule has 0 unspecified atom stereocenters. The molecule has 0 aromatic carbocycles. The Kier molecular flexibility index (Phi) is 5.47. The van der Waals surface area contributed by atoms with E-state index in [9.17, 15) is 8.42 Å². The minimum atomic E-state index is -3.50. The standard InChI is InChI=1S/C9H16N2O4S/c1-14-8-6-10-4-5-11-16(12,13)9-3-2-7-15-9/h2-3,7,10-11H,4-6,8H2,1H3. The molecule has 0 spiro atoms. The molecule has 0 aliphatic carbocycles. The van der Waals surface area contributed by atoms with Crippen LogP contribution in [0.4, 0.5) is 0 Å². The molecule has 2 N–H and O–H groups in total. The Hall–Kier alpha value is -0.890. The summed E-state index contributed by atoms with van der Waals surface area (Å²) in [5, 5.41) is 2.96. The summed E-state index contributed by atoms with van der Waals surface area (Å²) in [5.74, 6) is 0. The molecule has 0 aliphatic rings. The Balaban J connectivity index is 2.22. The SMILES string of the molecule is COCCNCCNS(=O)(=O)c1ccco1. The summed E-state index contributed by atoms with van der Waals surface area (Å²) in [6.07, 6.45) is 1.32. The first-order valence-corrected chi connectivity index (χ1v) is 6.38. The van der Waals surface area contributed by atoms with E-state index in [1.165, 1.54) is 18.4 Å². The molecular formula is C9H16N2O4S. The Morgan fingerprint density at radius 1 is 1.38 bits per heavy atom. The molecule has 0 bridgehead atoms. The van der Waals surface area contributed by atoms with Gasteiger partial charge in [0.15, 0.2) is 0 Å². The highest BCUT2D eigenvalue weighted by Crippen LogP contribution is 2.07. The summed E-state index contributed by atoms with van der Waals surface area (Å²) >= 11 is 0. The number of hydrogen-bond acceptors (Lipinski definition) is 5. The van der Waals surface area contributed by atoms with E-state index >= 15 is 0 Å². The summed E-state index contributed by atoms with van der Waals surface area (Å²) in [4.78, 5) is 0. The van der Waals surface area contributed by atoms with Gasteiger partial charge in [-0.25, -0.2) is 13.1 Å². The molecule has 0 radical (unpaired) electrons. The third-order valence-corrected chi connectivity index (χ3v) is 3.18. The van der Waals surface area contributed by atoms with E-state index in [2.05, 4.69) is 10.0 Å². The van der Waals surface area contributed by atoms with Crippen molar-refractivity contribution in [3.63, 3.8) is 0 Å². The highest BCUT2D eigenvalue weighted by molar-refractivity contribution is 7.89. The summed E-state index contributed by atoms with van der Waals surface area (Å²) < 4.78 is 35.1. The zero-order chi connectivity index (χ0) is 11.9. The van der Waals surface area contributed by atoms with Gasteiger partial charge in [0, 0.05) is 26.7 Å². The quantitative estimate of drug-likeness (QED) is 0.622. The van der Waals surface area contributed by atoms with Crippen molar-refractivity contribution in [1.29, 1.82) is 0 Å². The summed E-state index contributed by atoms with van der Waals surface area (Å²) in [6.45, 7) is 2.15. The van der Waals surface area contributed by atoms with Gasteiger partial charge >= 0.3 is 0 Å². The molecule has 1 aromatic rings. The van der Waals surface area contributed by atoms with Crippen molar-refractivity contribution < 1.29 is 17.6 Å². The molecule has 0 atom stereocenters. The van der Waals surface area contributed by atoms with E-state index in [-0.39, 0.29) is 5.09 Å². The molecule has 1 aromatic heterocycles. The van der Waals surface area contributed by atoms with Gasteiger partial charge in [-0.3, -0.25) is 0 Å². The topological polar surface area (TPSA) is 80.6 Å². The van der Waals surface area contributed by atoms with Gasteiger partial charge in [0.05, 0.1) is 12.9 Å². The van der Waals surface area contributed by atoms with Crippen molar-refractivity contribution in [3.8, 4) is 0 Å². The van der Waals surface area contributed by atoms with E-state index in [1.807, 2.05) is 0 Å². The minimum absolute atomic E-state index is 0.0654. The molecule has 0 saturated carbocycles.